The van der Waals surface area contributed by atoms with Gasteiger partial charge in [0.2, 0.25) is 5.78 Å². The molecule has 0 aliphatic heterocycles. The molecule has 6 N–H and O–H groups in total. The van der Waals surface area contributed by atoms with Crippen molar-refractivity contribution in [2.45, 2.75) is 31.0 Å². The second kappa shape index (κ2) is 9.58. The van der Waals surface area contributed by atoms with Crippen LogP contribution in [0.15, 0.2) is 59.1 Å². The lowest BCUT2D eigenvalue weighted by Crippen LogP contribution is -2.63. The van der Waals surface area contributed by atoms with Crippen LogP contribution in [0.1, 0.15) is 27.9 Å². The molecule has 3 aliphatic carbocycles. The van der Waals surface area contributed by atoms with Gasteiger partial charge in [0, 0.05) is 18.0 Å². The van der Waals surface area contributed by atoms with Crippen molar-refractivity contribution < 1.29 is 34.8 Å². The van der Waals surface area contributed by atoms with Gasteiger partial charge in [0.1, 0.15) is 22.8 Å². The lowest BCUT2D eigenvalue weighted by molar-refractivity contribution is -0.148. The van der Waals surface area contributed by atoms with Crippen molar-refractivity contribution in [3.05, 3.63) is 75.8 Å². The summed E-state index contributed by atoms with van der Waals surface area (Å²) >= 11 is 0. The average Bonchev–Trinajstić information content (AvgIpc) is 2.86. The number of nitrogens with two attached hydrogens (primary N) is 1. The van der Waals surface area contributed by atoms with Crippen molar-refractivity contribution in [1.82, 2.24) is 9.80 Å². The number of amides is 1. The molecule has 0 unspecified atom stereocenters. The third kappa shape index (κ3) is 3.86. The number of carbonyl (C=O) groups excluding carboxylic acids is 3. The third-order valence-electron chi connectivity index (χ3n) is 8.40. The maximum Gasteiger partial charge on any atom is 0.255 e. The van der Waals surface area contributed by atoms with Crippen LogP contribution in [0.25, 0.3) is 11.1 Å². The number of nitrogens with zero attached hydrogens (tertiary/aromatic N) is 2. The van der Waals surface area contributed by atoms with Crippen LogP contribution in [0.4, 0.5) is 0 Å². The summed E-state index contributed by atoms with van der Waals surface area (Å²) in [5.74, 6) is -6.64. The largest absolute Gasteiger partial charge is 0.510 e. The predicted octanol–water partition coefficient (Wildman–Crippen LogP) is 1.85. The van der Waals surface area contributed by atoms with E-state index in [1.165, 1.54) is 11.0 Å². The van der Waals surface area contributed by atoms with Crippen LogP contribution in [-0.4, -0.2) is 87.5 Å². The fourth-order valence-corrected chi connectivity index (χ4v) is 6.76. The van der Waals surface area contributed by atoms with Gasteiger partial charge in [0.15, 0.2) is 11.4 Å². The number of aliphatic hydroxyl groups excluding tert-OH is 2. The molecule has 0 aromatic heterocycles. The number of Topliss-reactive ketones (excluding diaryl/α,β-unsaturated/α-hetero) is 2. The van der Waals surface area contributed by atoms with E-state index in [4.69, 9.17) is 5.73 Å². The Hall–Kier alpha value is -3.99. The summed E-state index contributed by atoms with van der Waals surface area (Å²) < 4.78 is 0. The number of hydrogen-bond acceptors (Lipinski definition) is 9. The van der Waals surface area contributed by atoms with E-state index in [1.807, 2.05) is 43.3 Å². The average molecular weight is 548 g/mol. The van der Waals surface area contributed by atoms with E-state index < -0.39 is 58.0 Å². The highest BCUT2D eigenvalue weighted by Gasteiger charge is 2.63. The minimum absolute atomic E-state index is 0.00191. The van der Waals surface area contributed by atoms with E-state index in [0.717, 1.165) is 16.7 Å². The molecular weight excluding hydrogens is 514 g/mol. The molecule has 210 valence electrons. The number of aliphatic hydroxyl groups is 3. The van der Waals surface area contributed by atoms with Crippen molar-refractivity contribution >= 4 is 17.5 Å². The number of carbonyl (C=O) groups is 3. The molecule has 0 bridgehead atoms. The minimum Gasteiger partial charge on any atom is -0.510 e. The highest BCUT2D eigenvalue weighted by Crippen LogP contribution is 2.53. The summed E-state index contributed by atoms with van der Waals surface area (Å²) in [7, 11) is 7.11. The van der Waals surface area contributed by atoms with Crippen LogP contribution in [0.5, 0.6) is 5.75 Å². The van der Waals surface area contributed by atoms with E-state index in [1.54, 1.807) is 20.2 Å². The number of primary amides is 1. The number of ketones is 2. The molecule has 0 spiro atoms. The zero-order chi connectivity index (χ0) is 29.3. The molecule has 0 heterocycles. The van der Waals surface area contributed by atoms with Gasteiger partial charge in [-0.15, -0.1) is 0 Å². The van der Waals surface area contributed by atoms with Gasteiger partial charge in [0.05, 0.1) is 11.6 Å². The number of allylic oxidation sites excluding steroid dienone is 1. The van der Waals surface area contributed by atoms with Crippen molar-refractivity contribution in [2.75, 3.05) is 28.2 Å². The van der Waals surface area contributed by atoms with Crippen molar-refractivity contribution in [3.63, 3.8) is 0 Å². The molecule has 0 fully saturated rings. The van der Waals surface area contributed by atoms with E-state index in [0.29, 0.717) is 12.1 Å². The Morgan fingerprint density at radius 3 is 2.33 bits per heavy atom. The number of benzene rings is 2. The minimum atomic E-state index is -2.66. The number of aromatic hydroxyl groups is 1. The molecule has 3 aliphatic rings. The zero-order valence-corrected chi connectivity index (χ0v) is 22.8. The standard InChI is InChI=1S/C30H33N3O7/c1-32(2)13-14-7-5-6-8-16(14)17-9-10-20(34)22-18(17)11-15-12-19-24(33(3)4)26(36)23(29(31)39)28(38)30(19,40)27(37)21(15)25(22)35/h5-10,15,19,24,34,36-37,40H,11-13H2,1-4H3,(H2,31,39)/t15-,19-,24-,30-/m0/s1. The summed E-state index contributed by atoms with van der Waals surface area (Å²) in [6, 6.07) is 9.95. The quantitative estimate of drug-likeness (QED) is 0.351. The maximum atomic E-state index is 14.0. The Balaban J connectivity index is 1.72. The van der Waals surface area contributed by atoms with E-state index in [2.05, 4.69) is 0 Å². The van der Waals surface area contributed by atoms with E-state index >= 15 is 0 Å². The van der Waals surface area contributed by atoms with Crippen LogP contribution in [-0.2, 0) is 22.6 Å². The van der Waals surface area contributed by atoms with Gasteiger partial charge in [-0.2, -0.15) is 0 Å². The van der Waals surface area contributed by atoms with Gasteiger partial charge in [-0.05, 0) is 75.3 Å². The second-order valence-electron chi connectivity index (χ2n) is 11.3. The number of hydrogen-bond donors (Lipinski definition) is 5. The number of rotatable bonds is 5. The smallest absolute Gasteiger partial charge is 0.255 e. The number of fused-ring (bicyclic) bond motifs is 3. The Kier molecular flexibility index (Phi) is 6.60. The van der Waals surface area contributed by atoms with E-state index in [-0.39, 0.29) is 29.7 Å². The van der Waals surface area contributed by atoms with Gasteiger partial charge in [-0.1, -0.05) is 30.3 Å². The zero-order valence-electron chi connectivity index (χ0n) is 22.8. The summed E-state index contributed by atoms with van der Waals surface area (Å²) in [4.78, 5) is 43.1. The maximum absolute atomic E-state index is 14.0. The molecule has 10 nitrogen and oxygen atoms in total. The van der Waals surface area contributed by atoms with Crippen molar-refractivity contribution in [2.24, 2.45) is 17.6 Å². The Bertz CT molecular complexity index is 1520. The first-order chi connectivity index (χ1) is 18.8. The third-order valence-corrected chi connectivity index (χ3v) is 8.40. The monoisotopic (exact) mass is 547 g/mol. The molecule has 5 rings (SSSR count). The lowest BCUT2D eigenvalue weighted by Gasteiger charge is -2.50. The van der Waals surface area contributed by atoms with Gasteiger partial charge in [-0.3, -0.25) is 19.3 Å². The first-order valence-electron chi connectivity index (χ1n) is 13.0. The Labute approximate surface area is 231 Å². The van der Waals surface area contributed by atoms with Crippen LogP contribution in [0.3, 0.4) is 0 Å². The fraction of sp³-hybridized carbons (Fsp3) is 0.367. The number of phenols is 1. The lowest BCUT2D eigenvalue weighted by atomic mass is 9.58. The fourth-order valence-electron chi connectivity index (χ4n) is 6.76. The highest BCUT2D eigenvalue weighted by atomic mass is 16.3. The molecule has 0 saturated carbocycles. The summed E-state index contributed by atoms with van der Waals surface area (Å²) in [5, 5.41) is 45.0. The Morgan fingerprint density at radius 1 is 1.02 bits per heavy atom. The van der Waals surface area contributed by atoms with Gasteiger partial charge < -0.3 is 31.1 Å². The summed E-state index contributed by atoms with van der Waals surface area (Å²) in [6.07, 6.45) is 0.273. The molecule has 0 saturated heterocycles. The van der Waals surface area contributed by atoms with Crippen LogP contribution < -0.4 is 5.73 Å². The van der Waals surface area contributed by atoms with Gasteiger partial charge in [-0.25, -0.2) is 0 Å². The molecule has 0 radical (unpaired) electrons. The molecule has 10 heteroatoms. The first kappa shape index (κ1) is 27.6. The highest BCUT2D eigenvalue weighted by molar-refractivity contribution is 6.24. The molecule has 40 heavy (non-hydrogen) atoms. The van der Waals surface area contributed by atoms with Crippen LogP contribution in [0, 0.1) is 11.8 Å². The van der Waals surface area contributed by atoms with E-state index in [9.17, 15) is 34.8 Å². The predicted molar refractivity (Wildman–Crippen MR) is 147 cm³/mol. The number of phenolic OH excluding ortho intramolecular Hbond substituents is 1. The molecule has 4 atom stereocenters. The normalized spacial score (nSPS) is 26.2. The molecule has 1 amide bonds. The van der Waals surface area contributed by atoms with Gasteiger partial charge in [0.25, 0.3) is 5.91 Å². The topological polar surface area (TPSA) is 165 Å². The summed E-state index contributed by atoms with van der Waals surface area (Å²) in [5.41, 5.74) is 5.02. The Morgan fingerprint density at radius 2 is 1.70 bits per heavy atom. The first-order valence-corrected chi connectivity index (χ1v) is 13.0. The number of likely N-dealkylation sites (N-methyl/N-ethyl adjacent to an activating group) is 1. The van der Waals surface area contributed by atoms with Crippen LogP contribution >= 0.6 is 0 Å². The molecular formula is C30H33N3O7. The molecule has 2 aromatic carbocycles. The van der Waals surface area contributed by atoms with Crippen LogP contribution in [0.2, 0.25) is 0 Å². The summed E-state index contributed by atoms with van der Waals surface area (Å²) in [6.45, 7) is 0.644. The van der Waals surface area contributed by atoms with Gasteiger partial charge >= 0.3 is 0 Å². The molecule has 2 aromatic rings. The second-order valence-corrected chi connectivity index (χ2v) is 11.3. The van der Waals surface area contributed by atoms with Crippen molar-refractivity contribution in [1.29, 1.82) is 0 Å². The SMILES string of the molecule is CN(C)Cc1ccccc1-c1ccc(O)c2c1C[C@H]1C[C@H]3[C@H](N(C)C)C(O)=C(C(N)=O)C(=O)[C@@]3(O)C(O)=C1C2=O. The van der Waals surface area contributed by atoms with Crippen molar-refractivity contribution in [3.8, 4) is 16.9 Å².